The summed E-state index contributed by atoms with van der Waals surface area (Å²) >= 11 is 3.92. The highest BCUT2D eigenvalue weighted by Crippen LogP contribution is 2.37. The molecule has 0 aliphatic rings. The second-order valence-corrected chi connectivity index (χ2v) is 13.3. The van der Waals surface area contributed by atoms with Crippen molar-refractivity contribution in [2.24, 2.45) is 5.73 Å². The van der Waals surface area contributed by atoms with E-state index in [0.29, 0.717) is 4.45 Å². The molecule has 0 aliphatic heterocycles. The summed E-state index contributed by atoms with van der Waals surface area (Å²) in [6.07, 6.45) is 3.42. The molecule has 0 bridgehead atoms. The largest absolute Gasteiger partial charge is 0.321 e. The van der Waals surface area contributed by atoms with Crippen LogP contribution in [-0.2, 0) is 5.54 Å². The highest BCUT2D eigenvalue weighted by Gasteiger charge is 2.41. The number of hydrogen-bond donors (Lipinski definition) is 1. The Labute approximate surface area is 121 Å². The minimum atomic E-state index is -1.34. The maximum atomic E-state index is 6.82. The van der Waals surface area contributed by atoms with E-state index in [4.69, 9.17) is 5.73 Å². The van der Waals surface area contributed by atoms with Crippen LogP contribution in [0.25, 0.3) is 0 Å². The first-order chi connectivity index (χ1) is 8.32. The van der Waals surface area contributed by atoms with Crippen molar-refractivity contribution in [3.63, 3.8) is 0 Å². The Morgan fingerprint density at radius 2 is 1.78 bits per heavy atom. The van der Waals surface area contributed by atoms with Crippen molar-refractivity contribution in [1.29, 1.82) is 0 Å². The van der Waals surface area contributed by atoms with Crippen LogP contribution >= 0.6 is 15.9 Å². The van der Waals surface area contributed by atoms with Gasteiger partial charge in [0.2, 0.25) is 0 Å². The topological polar surface area (TPSA) is 26.0 Å². The fourth-order valence-electron chi connectivity index (χ4n) is 2.41. The van der Waals surface area contributed by atoms with Gasteiger partial charge in [0.15, 0.2) is 0 Å². The van der Waals surface area contributed by atoms with Gasteiger partial charge in [-0.15, -0.1) is 0 Å². The molecular formula is C15H26BrNSi. The van der Waals surface area contributed by atoms with Gasteiger partial charge in [0.05, 0.1) is 13.6 Å². The molecule has 0 amide bonds. The van der Waals surface area contributed by atoms with E-state index in [2.05, 4.69) is 72.8 Å². The normalized spacial score (nSPS) is 17.2. The molecule has 2 atom stereocenters. The standard InChI is InChI=1S/C15H26BrNSi/c1-5-6-12-15(17,14(16)18(2,3)4)13-10-8-7-9-11-13/h7-11,14H,5-6,12,17H2,1-4H3/t14-,15-/m1/s1. The van der Waals surface area contributed by atoms with E-state index < -0.39 is 8.07 Å². The van der Waals surface area contributed by atoms with Gasteiger partial charge in [0.1, 0.15) is 0 Å². The van der Waals surface area contributed by atoms with Crippen LogP contribution in [0.2, 0.25) is 19.6 Å². The molecular weight excluding hydrogens is 302 g/mol. The van der Waals surface area contributed by atoms with Crippen molar-refractivity contribution in [3.8, 4) is 0 Å². The molecule has 1 nitrogen and oxygen atoms in total. The number of hydrogen-bond acceptors (Lipinski definition) is 1. The van der Waals surface area contributed by atoms with Crippen molar-refractivity contribution >= 4 is 24.0 Å². The molecule has 1 rings (SSSR count). The molecule has 0 unspecified atom stereocenters. The maximum Gasteiger partial charge on any atom is 0.0623 e. The molecule has 0 aliphatic carbocycles. The van der Waals surface area contributed by atoms with Crippen molar-refractivity contribution < 1.29 is 0 Å². The zero-order valence-electron chi connectivity index (χ0n) is 12.0. The predicted molar refractivity (Wildman–Crippen MR) is 87.9 cm³/mol. The zero-order chi connectivity index (χ0) is 13.8. The average Bonchev–Trinajstić information content (AvgIpc) is 2.35. The third-order valence-electron chi connectivity index (χ3n) is 3.47. The Hall–Kier alpha value is -0.123. The average molecular weight is 328 g/mol. The van der Waals surface area contributed by atoms with Crippen LogP contribution in [0.4, 0.5) is 0 Å². The van der Waals surface area contributed by atoms with E-state index in [-0.39, 0.29) is 5.54 Å². The van der Waals surface area contributed by atoms with Crippen LogP contribution in [0.15, 0.2) is 30.3 Å². The summed E-state index contributed by atoms with van der Waals surface area (Å²) in [6.45, 7) is 9.36. The number of nitrogens with two attached hydrogens (primary N) is 1. The van der Waals surface area contributed by atoms with Crippen LogP contribution in [0.3, 0.4) is 0 Å². The molecule has 1 aromatic carbocycles. The molecule has 102 valence electrons. The lowest BCUT2D eigenvalue weighted by atomic mass is 9.87. The first kappa shape index (κ1) is 15.9. The second-order valence-electron chi connectivity index (χ2n) is 6.24. The summed E-state index contributed by atoms with van der Waals surface area (Å²) in [5.41, 5.74) is 7.85. The van der Waals surface area contributed by atoms with Crippen LogP contribution in [-0.4, -0.2) is 12.5 Å². The Kier molecular flexibility index (Phi) is 5.62. The van der Waals surface area contributed by atoms with E-state index in [1.165, 1.54) is 18.4 Å². The molecule has 1 aromatic rings. The number of benzene rings is 1. The minimum Gasteiger partial charge on any atom is -0.321 e. The van der Waals surface area contributed by atoms with E-state index in [9.17, 15) is 0 Å². The highest BCUT2D eigenvalue weighted by atomic mass is 79.9. The SMILES string of the molecule is CCCC[C@@](N)(c1ccccc1)[C@H](Br)[Si](C)(C)C. The Morgan fingerprint density at radius 1 is 1.22 bits per heavy atom. The molecule has 2 N–H and O–H groups in total. The lowest BCUT2D eigenvalue weighted by molar-refractivity contribution is 0.420. The first-order valence-electron chi connectivity index (χ1n) is 6.81. The van der Waals surface area contributed by atoms with E-state index in [1.807, 2.05) is 0 Å². The summed E-state index contributed by atoms with van der Waals surface area (Å²) in [5, 5.41) is 0. The van der Waals surface area contributed by atoms with Gasteiger partial charge >= 0.3 is 0 Å². The van der Waals surface area contributed by atoms with Crippen molar-refractivity contribution in [3.05, 3.63) is 35.9 Å². The molecule has 0 saturated carbocycles. The molecule has 3 heteroatoms. The predicted octanol–water partition coefficient (Wildman–Crippen LogP) is 4.67. The van der Waals surface area contributed by atoms with E-state index >= 15 is 0 Å². The Balaban J connectivity index is 3.10. The summed E-state index contributed by atoms with van der Waals surface area (Å²) < 4.78 is 0.395. The minimum absolute atomic E-state index is 0.234. The number of alkyl halides is 1. The van der Waals surface area contributed by atoms with Crippen molar-refractivity contribution in [1.82, 2.24) is 0 Å². The van der Waals surface area contributed by atoms with Gasteiger partial charge in [-0.25, -0.2) is 0 Å². The number of halogens is 1. The lowest BCUT2D eigenvalue weighted by Crippen LogP contribution is -2.55. The van der Waals surface area contributed by atoms with Gasteiger partial charge in [0, 0.05) is 4.45 Å². The molecule has 0 radical (unpaired) electrons. The quantitative estimate of drug-likeness (QED) is 0.596. The third-order valence-corrected chi connectivity index (χ3v) is 10.4. The van der Waals surface area contributed by atoms with E-state index in [0.717, 1.165) is 6.42 Å². The van der Waals surface area contributed by atoms with Crippen molar-refractivity contribution in [2.45, 2.75) is 55.8 Å². The monoisotopic (exact) mass is 327 g/mol. The van der Waals surface area contributed by atoms with Crippen LogP contribution in [0.1, 0.15) is 31.7 Å². The molecule has 0 aromatic heterocycles. The van der Waals surface area contributed by atoms with Crippen LogP contribution in [0, 0.1) is 0 Å². The molecule has 0 fully saturated rings. The molecule has 0 saturated heterocycles. The van der Waals surface area contributed by atoms with Crippen LogP contribution < -0.4 is 5.73 Å². The summed E-state index contributed by atoms with van der Waals surface area (Å²) in [6, 6.07) is 10.6. The molecule has 0 spiro atoms. The smallest absolute Gasteiger partial charge is 0.0623 e. The van der Waals surface area contributed by atoms with Gasteiger partial charge in [-0.1, -0.05) is 85.7 Å². The number of rotatable bonds is 6. The molecule has 0 heterocycles. The Morgan fingerprint density at radius 3 is 2.22 bits per heavy atom. The maximum absolute atomic E-state index is 6.82. The molecule has 18 heavy (non-hydrogen) atoms. The van der Waals surface area contributed by atoms with Gasteiger partial charge in [-0.3, -0.25) is 0 Å². The van der Waals surface area contributed by atoms with Gasteiger partial charge in [0.25, 0.3) is 0 Å². The summed E-state index contributed by atoms with van der Waals surface area (Å²) in [4.78, 5) is 0. The zero-order valence-corrected chi connectivity index (χ0v) is 14.6. The van der Waals surface area contributed by atoms with Crippen molar-refractivity contribution in [2.75, 3.05) is 0 Å². The fraction of sp³-hybridized carbons (Fsp3) is 0.600. The lowest BCUT2D eigenvalue weighted by Gasteiger charge is -2.41. The summed E-state index contributed by atoms with van der Waals surface area (Å²) in [7, 11) is -1.34. The third kappa shape index (κ3) is 3.69. The van der Waals surface area contributed by atoms with Gasteiger partial charge in [-0.05, 0) is 12.0 Å². The van der Waals surface area contributed by atoms with Gasteiger partial charge in [-0.2, -0.15) is 0 Å². The van der Waals surface area contributed by atoms with Gasteiger partial charge < -0.3 is 5.73 Å². The summed E-state index contributed by atoms with van der Waals surface area (Å²) in [5.74, 6) is 0. The fourth-order valence-corrected chi connectivity index (χ4v) is 4.76. The Bertz CT molecular complexity index is 361. The number of unbranched alkanes of at least 4 members (excludes halogenated alkanes) is 1. The second kappa shape index (κ2) is 6.35. The van der Waals surface area contributed by atoms with Crippen LogP contribution in [0.5, 0.6) is 0 Å². The highest BCUT2D eigenvalue weighted by molar-refractivity contribution is 9.10. The first-order valence-corrected chi connectivity index (χ1v) is 11.3. The van der Waals surface area contributed by atoms with E-state index in [1.54, 1.807) is 0 Å².